The molecule has 5 N–H and O–H groups in total. The maximum Gasteiger partial charge on any atom is 0.271 e. The molecule has 1 aromatic heterocycles. The zero-order chi connectivity index (χ0) is 14.8. The molecule has 0 aliphatic heterocycles. The molecule has 0 saturated heterocycles. The molecule has 1 aromatic rings. The van der Waals surface area contributed by atoms with Gasteiger partial charge in [-0.05, 0) is 31.7 Å². The molecular formula is C11H18N4O4S. The Labute approximate surface area is 116 Å². The lowest BCUT2D eigenvalue weighted by Gasteiger charge is -2.35. The van der Waals surface area contributed by atoms with Gasteiger partial charge in [0.05, 0.1) is 10.9 Å². The van der Waals surface area contributed by atoms with Gasteiger partial charge >= 0.3 is 0 Å². The normalized spacial score (nSPS) is 27.2. The lowest BCUT2D eigenvalue weighted by molar-refractivity contribution is 0.00603. The molecule has 0 bridgehead atoms. The quantitative estimate of drug-likeness (QED) is 0.571. The van der Waals surface area contributed by atoms with Gasteiger partial charge in [-0.2, -0.15) is 5.10 Å². The average Bonchev–Trinajstić information content (AvgIpc) is 2.89. The van der Waals surface area contributed by atoms with Gasteiger partial charge in [0.15, 0.2) is 0 Å². The molecule has 9 heteroatoms. The Morgan fingerprint density at radius 2 is 2.20 bits per heavy atom. The summed E-state index contributed by atoms with van der Waals surface area (Å²) >= 11 is 0. The summed E-state index contributed by atoms with van der Waals surface area (Å²) in [6, 6.07) is 1.53. The van der Waals surface area contributed by atoms with Gasteiger partial charge in [-0.15, -0.1) is 0 Å². The van der Waals surface area contributed by atoms with E-state index < -0.39 is 20.9 Å². The standard InChI is InChI=1S/C11H18N4O4S/c12-20(18,19)8-1-4-11(17,5-2-8)7-13-10(16)9-3-6-14-15-9/h3,6,8,17H,1-2,4-5,7H2,(H,13,16)(H,14,15)(H2,12,18,19)/t8-,11+. The summed E-state index contributed by atoms with van der Waals surface area (Å²) in [5.74, 6) is -0.381. The van der Waals surface area contributed by atoms with E-state index in [1.165, 1.54) is 12.3 Å². The number of nitrogens with two attached hydrogens (primary N) is 1. The molecule has 0 radical (unpaired) electrons. The molecule has 1 saturated carbocycles. The first-order valence-corrected chi connectivity index (χ1v) is 7.93. The lowest BCUT2D eigenvalue weighted by Crippen LogP contribution is -2.47. The number of carbonyl (C=O) groups excluding carboxylic acids is 1. The number of nitrogens with zero attached hydrogens (tertiary/aromatic N) is 1. The van der Waals surface area contributed by atoms with Gasteiger partial charge in [-0.25, -0.2) is 13.6 Å². The van der Waals surface area contributed by atoms with Crippen LogP contribution in [0.25, 0.3) is 0 Å². The van der Waals surface area contributed by atoms with Crippen molar-refractivity contribution in [2.75, 3.05) is 6.54 Å². The molecule has 0 unspecified atom stereocenters. The molecule has 0 aromatic carbocycles. The highest BCUT2D eigenvalue weighted by molar-refractivity contribution is 7.89. The van der Waals surface area contributed by atoms with Gasteiger partial charge in [-0.3, -0.25) is 9.89 Å². The van der Waals surface area contributed by atoms with E-state index in [0.29, 0.717) is 12.8 Å². The van der Waals surface area contributed by atoms with Crippen LogP contribution in [0, 0.1) is 0 Å². The van der Waals surface area contributed by atoms with Crippen LogP contribution in [0.4, 0.5) is 0 Å². The van der Waals surface area contributed by atoms with Crippen molar-refractivity contribution in [1.82, 2.24) is 15.5 Å². The fourth-order valence-electron chi connectivity index (χ4n) is 2.36. The van der Waals surface area contributed by atoms with Crippen LogP contribution in [0.3, 0.4) is 0 Å². The first kappa shape index (κ1) is 14.9. The lowest BCUT2D eigenvalue weighted by atomic mass is 9.84. The zero-order valence-corrected chi connectivity index (χ0v) is 11.7. The van der Waals surface area contributed by atoms with Crippen LogP contribution < -0.4 is 10.5 Å². The van der Waals surface area contributed by atoms with Crippen LogP contribution in [-0.4, -0.2) is 47.0 Å². The highest BCUT2D eigenvalue weighted by atomic mass is 32.2. The van der Waals surface area contributed by atoms with E-state index in [0.717, 1.165) is 0 Å². The molecule has 8 nitrogen and oxygen atoms in total. The van der Waals surface area contributed by atoms with Crippen molar-refractivity contribution in [3.63, 3.8) is 0 Å². The molecule has 2 rings (SSSR count). The number of hydrogen-bond donors (Lipinski definition) is 4. The Balaban J connectivity index is 1.86. The van der Waals surface area contributed by atoms with E-state index in [1.54, 1.807) is 0 Å². The molecule has 112 valence electrons. The molecule has 20 heavy (non-hydrogen) atoms. The summed E-state index contributed by atoms with van der Waals surface area (Å²) in [7, 11) is -3.56. The average molecular weight is 302 g/mol. The molecule has 1 aliphatic rings. The molecule has 1 fully saturated rings. The van der Waals surface area contributed by atoms with Gasteiger partial charge in [0.2, 0.25) is 10.0 Å². The Bertz CT molecular complexity index is 561. The second kappa shape index (κ2) is 5.51. The maximum absolute atomic E-state index is 11.7. The zero-order valence-electron chi connectivity index (χ0n) is 10.9. The number of sulfonamides is 1. The minimum absolute atomic E-state index is 0.0655. The van der Waals surface area contributed by atoms with Crippen LogP contribution in [-0.2, 0) is 10.0 Å². The molecule has 1 amide bonds. The van der Waals surface area contributed by atoms with Crippen molar-refractivity contribution in [3.8, 4) is 0 Å². The number of aromatic nitrogens is 2. The number of aliphatic hydroxyl groups is 1. The molecule has 0 spiro atoms. The number of carbonyl (C=O) groups is 1. The number of rotatable bonds is 4. The fraction of sp³-hybridized carbons (Fsp3) is 0.636. The Morgan fingerprint density at radius 3 is 2.70 bits per heavy atom. The molecule has 0 atom stereocenters. The van der Waals surface area contributed by atoms with Crippen LogP contribution in [0.1, 0.15) is 36.2 Å². The van der Waals surface area contributed by atoms with Crippen molar-refractivity contribution >= 4 is 15.9 Å². The number of amides is 1. The third-order valence-electron chi connectivity index (χ3n) is 3.64. The van der Waals surface area contributed by atoms with Crippen LogP contribution >= 0.6 is 0 Å². The monoisotopic (exact) mass is 302 g/mol. The van der Waals surface area contributed by atoms with Crippen LogP contribution in [0.15, 0.2) is 12.3 Å². The van der Waals surface area contributed by atoms with Gasteiger partial charge in [0.1, 0.15) is 5.69 Å². The molecule has 1 aliphatic carbocycles. The van der Waals surface area contributed by atoms with Gasteiger partial charge in [0, 0.05) is 12.7 Å². The van der Waals surface area contributed by atoms with Gasteiger partial charge < -0.3 is 10.4 Å². The van der Waals surface area contributed by atoms with E-state index in [2.05, 4.69) is 15.5 Å². The first-order valence-electron chi connectivity index (χ1n) is 6.32. The predicted molar refractivity (Wildman–Crippen MR) is 71.2 cm³/mol. The Kier molecular flexibility index (Phi) is 4.11. The topological polar surface area (TPSA) is 138 Å². The number of hydrogen-bond acceptors (Lipinski definition) is 5. The van der Waals surface area contributed by atoms with E-state index in [9.17, 15) is 18.3 Å². The van der Waals surface area contributed by atoms with Crippen LogP contribution in [0.2, 0.25) is 0 Å². The van der Waals surface area contributed by atoms with E-state index >= 15 is 0 Å². The summed E-state index contributed by atoms with van der Waals surface area (Å²) in [6.07, 6.45) is 2.70. The van der Waals surface area contributed by atoms with E-state index in [4.69, 9.17) is 5.14 Å². The smallest absolute Gasteiger partial charge is 0.271 e. The SMILES string of the molecule is NS(=O)(=O)[C@H]1CC[C@](O)(CNC(=O)c2cc[nH]n2)CC1. The minimum Gasteiger partial charge on any atom is -0.388 e. The number of aromatic amines is 1. The van der Waals surface area contributed by atoms with Crippen molar-refractivity contribution in [2.24, 2.45) is 5.14 Å². The predicted octanol–water partition coefficient (Wildman–Crippen LogP) is -0.898. The highest BCUT2D eigenvalue weighted by Gasteiger charge is 2.37. The van der Waals surface area contributed by atoms with Gasteiger partial charge in [-0.1, -0.05) is 0 Å². The second-order valence-corrected chi connectivity index (χ2v) is 7.00. The highest BCUT2D eigenvalue weighted by Crippen LogP contribution is 2.30. The summed E-state index contributed by atoms with van der Waals surface area (Å²) in [5, 5.41) is 23.7. The summed E-state index contributed by atoms with van der Waals surface area (Å²) < 4.78 is 22.5. The first-order chi connectivity index (χ1) is 9.30. The Hall–Kier alpha value is -1.45. The molecular weight excluding hydrogens is 284 g/mol. The number of nitrogens with one attached hydrogen (secondary N) is 2. The third-order valence-corrected chi connectivity index (χ3v) is 5.04. The third kappa shape index (κ3) is 3.56. The van der Waals surface area contributed by atoms with Crippen molar-refractivity contribution < 1.29 is 18.3 Å². The summed E-state index contributed by atoms with van der Waals surface area (Å²) in [6.45, 7) is 0.0655. The summed E-state index contributed by atoms with van der Waals surface area (Å²) in [4.78, 5) is 11.7. The minimum atomic E-state index is -3.56. The second-order valence-electron chi connectivity index (χ2n) is 5.15. The van der Waals surface area contributed by atoms with E-state index in [-0.39, 0.29) is 31.0 Å². The van der Waals surface area contributed by atoms with Gasteiger partial charge in [0.25, 0.3) is 5.91 Å². The van der Waals surface area contributed by atoms with Crippen molar-refractivity contribution in [1.29, 1.82) is 0 Å². The van der Waals surface area contributed by atoms with E-state index in [1.807, 2.05) is 0 Å². The largest absolute Gasteiger partial charge is 0.388 e. The van der Waals surface area contributed by atoms with Crippen LogP contribution in [0.5, 0.6) is 0 Å². The fourth-order valence-corrected chi connectivity index (χ4v) is 3.25. The van der Waals surface area contributed by atoms with Crippen molar-refractivity contribution in [3.05, 3.63) is 18.0 Å². The molecule has 1 heterocycles. The summed E-state index contributed by atoms with van der Waals surface area (Å²) in [5.41, 5.74) is -0.848. The number of primary sulfonamides is 1. The van der Waals surface area contributed by atoms with Crippen molar-refractivity contribution in [2.45, 2.75) is 36.5 Å². The maximum atomic E-state index is 11.7. The Morgan fingerprint density at radius 1 is 1.55 bits per heavy atom. The number of H-pyrrole nitrogens is 1.